The fourth-order valence-corrected chi connectivity index (χ4v) is 3.99. The molecule has 0 aliphatic carbocycles. The lowest BCUT2D eigenvalue weighted by molar-refractivity contribution is 0.0916. The summed E-state index contributed by atoms with van der Waals surface area (Å²) in [5.41, 5.74) is 0. The molecule has 0 radical (unpaired) electrons. The van der Waals surface area contributed by atoms with E-state index in [9.17, 15) is 13.2 Å². The average Bonchev–Trinajstić information content (AvgIpc) is 3.33. The number of carbonyl (C=O) groups is 1. The van der Waals surface area contributed by atoms with Crippen molar-refractivity contribution < 1.29 is 17.6 Å². The molecule has 1 aliphatic heterocycles. The lowest BCUT2D eigenvalue weighted by Crippen LogP contribution is -2.27. The van der Waals surface area contributed by atoms with Crippen molar-refractivity contribution in [3.63, 3.8) is 0 Å². The molecule has 1 aliphatic rings. The van der Waals surface area contributed by atoms with Crippen LogP contribution in [0.5, 0.6) is 0 Å². The Bertz CT molecular complexity index is 820. The van der Waals surface area contributed by atoms with E-state index >= 15 is 0 Å². The molecule has 1 fully saturated rings. The zero-order valence-corrected chi connectivity index (χ0v) is 14.1. The van der Waals surface area contributed by atoms with Crippen LogP contribution in [0.15, 0.2) is 28.0 Å². The average molecular weight is 353 g/mol. The number of hydrogen-bond acceptors (Lipinski definition) is 6. The van der Waals surface area contributed by atoms with E-state index in [0.717, 1.165) is 12.8 Å². The van der Waals surface area contributed by atoms with Crippen molar-refractivity contribution in [3.05, 3.63) is 30.0 Å². The predicted octanol–water partition coefficient (Wildman–Crippen LogP) is 0.605. The van der Waals surface area contributed by atoms with Crippen molar-refractivity contribution in [2.45, 2.75) is 37.9 Å². The molecule has 24 heavy (non-hydrogen) atoms. The zero-order chi connectivity index (χ0) is 17.2. The predicted molar refractivity (Wildman–Crippen MR) is 83.6 cm³/mol. The summed E-state index contributed by atoms with van der Waals surface area (Å²) in [7, 11) is -3.66. The van der Waals surface area contributed by atoms with Gasteiger partial charge in [0, 0.05) is 19.6 Å². The number of nitrogens with zero attached hydrogens (tertiary/aromatic N) is 4. The van der Waals surface area contributed by atoms with E-state index in [-0.39, 0.29) is 17.4 Å². The van der Waals surface area contributed by atoms with Crippen LogP contribution in [0.2, 0.25) is 0 Å². The van der Waals surface area contributed by atoms with E-state index in [0.29, 0.717) is 25.5 Å². The highest BCUT2D eigenvalue weighted by Crippen LogP contribution is 2.22. The summed E-state index contributed by atoms with van der Waals surface area (Å²) in [5.74, 6) is 0.0705. The number of aryl methyl sites for hydroxylation is 1. The van der Waals surface area contributed by atoms with E-state index in [1.807, 2.05) is 6.92 Å². The van der Waals surface area contributed by atoms with Crippen molar-refractivity contribution in [2.24, 2.45) is 0 Å². The van der Waals surface area contributed by atoms with Crippen LogP contribution in [0, 0.1) is 0 Å². The van der Waals surface area contributed by atoms with Gasteiger partial charge in [-0.3, -0.25) is 4.79 Å². The van der Waals surface area contributed by atoms with Crippen LogP contribution in [0.4, 0.5) is 0 Å². The Balaban J connectivity index is 1.67. The van der Waals surface area contributed by atoms with Gasteiger partial charge in [-0.05, 0) is 31.9 Å². The standard InChI is InChI=1S/C14H19N5O4S/c1-2-18-10-16-17-12(18)9-15-14(20)11-5-6-13(23-11)24(21,22)19-7-3-4-8-19/h5-6,10H,2-4,7-9H2,1H3,(H,15,20). The molecule has 1 saturated heterocycles. The largest absolute Gasteiger partial charge is 0.438 e. The van der Waals surface area contributed by atoms with Gasteiger partial charge in [-0.2, -0.15) is 4.31 Å². The molecule has 0 saturated carbocycles. The Kier molecular flexibility index (Phi) is 4.67. The van der Waals surface area contributed by atoms with E-state index < -0.39 is 15.9 Å². The van der Waals surface area contributed by atoms with Gasteiger partial charge in [0.25, 0.3) is 15.9 Å². The van der Waals surface area contributed by atoms with Gasteiger partial charge in [0.1, 0.15) is 6.33 Å². The molecule has 0 unspecified atom stereocenters. The second-order valence-corrected chi connectivity index (χ2v) is 7.31. The summed E-state index contributed by atoms with van der Waals surface area (Å²) in [5, 5.41) is 10.1. The molecular formula is C14H19N5O4S. The first-order valence-corrected chi connectivity index (χ1v) is 9.21. The molecule has 10 heteroatoms. The van der Waals surface area contributed by atoms with Gasteiger partial charge in [-0.1, -0.05) is 0 Å². The van der Waals surface area contributed by atoms with Crippen molar-refractivity contribution in [1.29, 1.82) is 0 Å². The van der Waals surface area contributed by atoms with Gasteiger partial charge in [-0.15, -0.1) is 10.2 Å². The molecule has 1 N–H and O–H groups in total. The molecule has 9 nitrogen and oxygen atoms in total. The van der Waals surface area contributed by atoms with E-state index in [4.69, 9.17) is 4.42 Å². The normalized spacial score (nSPS) is 15.7. The topological polar surface area (TPSA) is 110 Å². The number of sulfonamides is 1. The highest BCUT2D eigenvalue weighted by molar-refractivity contribution is 7.89. The van der Waals surface area contributed by atoms with Crippen LogP contribution >= 0.6 is 0 Å². The zero-order valence-electron chi connectivity index (χ0n) is 13.3. The molecule has 130 valence electrons. The van der Waals surface area contributed by atoms with E-state index in [2.05, 4.69) is 15.5 Å². The number of hydrogen-bond donors (Lipinski definition) is 1. The summed E-state index contributed by atoms with van der Waals surface area (Å²) in [4.78, 5) is 12.1. The number of rotatable bonds is 6. The Hall–Kier alpha value is -2.20. The highest BCUT2D eigenvalue weighted by Gasteiger charge is 2.30. The summed E-state index contributed by atoms with van der Waals surface area (Å²) in [6, 6.07) is 2.68. The Morgan fingerprint density at radius 3 is 2.79 bits per heavy atom. The second-order valence-electron chi connectivity index (χ2n) is 5.45. The minimum Gasteiger partial charge on any atom is -0.438 e. The van der Waals surface area contributed by atoms with Gasteiger partial charge in [0.15, 0.2) is 11.6 Å². The molecule has 2 aromatic heterocycles. The van der Waals surface area contributed by atoms with Crippen LogP contribution in [0.1, 0.15) is 36.1 Å². The third-order valence-corrected chi connectivity index (χ3v) is 5.68. The minimum atomic E-state index is -3.66. The summed E-state index contributed by atoms with van der Waals surface area (Å²) < 4.78 is 33.2. The molecule has 3 heterocycles. The lowest BCUT2D eigenvalue weighted by Gasteiger charge is -2.12. The van der Waals surface area contributed by atoms with Crippen LogP contribution in [0.25, 0.3) is 0 Å². The van der Waals surface area contributed by atoms with Gasteiger partial charge in [0.2, 0.25) is 5.09 Å². The Labute approximate surface area is 139 Å². The first-order valence-electron chi connectivity index (χ1n) is 7.77. The van der Waals surface area contributed by atoms with E-state index in [1.165, 1.54) is 16.4 Å². The van der Waals surface area contributed by atoms with Crippen molar-refractivity contribution in [3.8, 4) is 0 Å². The van der Waals surface area contributed by atoms with Crippen LogP contribution in [-0.4, -0.2) is 46.5 Å². The molecular weight excluding hydrogens is 334 g/mol. The minimum absolute atomic E-state index is 0.0460. The first kappa shape index (κ1) is 16.7. The van der Waals surface area contributed by atoms with Crippen LogP contribution < -0.4 is 5.32 Å². The molecule has 0 spiro atoms. The second kappa shape index (κ2) is 6.73. The van der Waals surface area contributed by atoms with Crippen LogP contribution in [-0.2, 0) is 23.1 Å². The lowest BCUT2D eigenvalue weighted by atomic mass is 10.4. The van der Waals surface area contributed by atoms with Gasteiger partial charge < -0.3 is 14.3 Å². The maximum absolute atomic E-state index is 12.4. The fraction of sp³-hybridized carbons (Fsp3) is 0.500. The first-order chi connectivity index (χ1) is 11.5. The van der Waals surface area contributed by atoms with Crippen LogP contribution in [0.3, 0.4) is 0 Å². The smallest absolute Gasteiger partial charge is 0.287 e. The number of carbonyl (C=O) groups excluding carboxylic acids is 1. The van der Waals surface area contributed by atoms with Crippen molar-refractivity contribution in [1.82, 2.24) is 24.4 Å². The summed E-state index contributed by atoms with van der Waals surface area (Å²) in [6.45, 7) is 3.78. The molecule has 1 amide bonds. The fourth-order valence-electron chi connectivity index (χ4n) is 2.56. The third kappa shape index (κ3) is 3.20. The summed E-state index contributed by atoms with van der Waals surface area (Å²) >= 11 is 0. The Morgan fingerprint density at radius 2 is 2.08 bits per heavy atom. The number of furan rings is 1. The molecule has 0 atom stereocenters. The highest BCUT2D eigenvalue weighted by atomic mass is 32.2. The quantitative estimate of drug-likeness (QED) is 0.814. The molecule has 2 aromatic rings. The maximum atomic E-state index is 12.4. The Morgan fingerprint density at radius 1 is 1.33 bits per heavy atom. The van der Waals surface area contributed by atoms with Gasteiger partial charge in [-0.25, -0.2) is 8.42 Å². The SMILES string of the molecule is CCn1cnnc1CNC(=O)c1ccc(S(=O)(=O)N2CCCC2)o1. The monoisotopic (exact) mass is 353 g/mol. The van der Waals surface area contributed by atoms with E-state index in [1.54, 1.807) is 10.9 Å². The van der Waals surface area contributed by atoms with Crippen molar-refractivity contribution in [2.75, 3.05) is 13.1 Å². The third-order valence-electron chi connectivity index (χ3n) is 3.91. The number of aromatic nitrogens is 3. The molecule has 3 rings (SSSR count). The maximum Gasteiger partial charge on any atom is 0.287 e. The molecule has 0 bridgehead atoms. The van der Waals surface area contributed by atoms with Gasteiger partial charge >= 0.3 is 0 Å². The van der Waals surface area contributed by atoms with Crippen molar-refractivity contribution >= 4 is 15.9 Å². The van der Waals surface area contributed by atoms with Gasteiger partial charge in [0.05, 0.1) is 6.54 Å². The molecule has 0 aromatic carbocycles. The number of nitrogens with one attached hydrogen (secondary N) is 1. The number of amides is 1. The summed E-state index contributed by atoms with van der Waals surface area (Å²) in [6.07, 6.45) is 3.26.